The first kappa shape index (κ1) is 14.8. The lowest BCUT2D eigenvalue weighted by Crippen LogP contribution is -2.35. The Morgan fingerprint density at radius 3 is 3.05 bits per heavy atom. The minimum atomic E-state index is 0.867. The Bertz CT molecular complexity index is 568. The summed E-state index contributed by atoms with van der Waals surface area (Å²) in [6, 6.07) is 0. The van der Waals surface area contributed by atoms with Gasteiger partial charge >= 0.3 is 0 Å². The summed E-state index contributed by atoms with van der Waals surface area (Å²) in [7, 11) is 1.95. The molecule has 0 spiro atoms. The van der Waals surface area contributed by atoms with E-state index in [1.807, 2.05) is 18.7 Å². The number of aromatic nitrogens is 3. The van der Waals surface area contributed by atoms with Crippen molar-refractivity contribution in [2.75, 3.05) is 31.5 Å². The number of piperidine rings is 1. The summed E-state index contributed by atoms with van der Waals surface area (Å²) in [5.74, 6) is 0.867. The van der Waals surface area contributed by atoms with Crippen molar-refractivity contribution in [2.24, 2.45) is 13.0 Å². The van der Waals surface area contributed by atoms with Crippen LogP contribution < -0.4 is 5.32 Å². The molecule has 116 valence electrons. The van der Waals surface area contributed by atoms with Gasteiger partial charge in [0.2, 0.25) is 0 Å². The predicted molar refractivity (Wildman–Crippen MR) is 89.1 cm³/mol. The van der Waals surface area contributed by atoms with Gasteiger partial charge in [-0.15, -0.1) is 0 Å². The normalized spacial score (nSPS) is 20.2. The van der Waals surface area contributed by atoms with Crippen molar-refractivity contribution in [3.05, 3.63) is 5.69 Å². The average molecular weight is 307 g/mol. The van der Waals surface area contributed by atoms with E-state index in [4.69, 9.17) is 0 Å². The second kappa shape index (κ2) is 6.32. The fourth-order valence-corrected chi connectivity index (χ4v) is 4.11. The highest BCUT2D eigenvalue weighted by Gasteiger charge is 2.15. The molecule has 5 nitrogen and oxygen atoms in total. The van der Waals surface area contributed by atoms with E-state index in [-0.39, 0.29) is 0 Å². The molecule has 1 saturated heterocycles. The van der Waals surface area contributed by atoms with Crippen molar-refractivity contribution in [3.63, 3.8) is 0 Å². The van der Waals surface area contributed by atoms with Crippen LogP contribution in [0.1, 0.15) is 31.9 Å². The van der Waals surface area contributed by atoms with E-state index in [9.17, 15) is 0 Å². The molecule has 0 amide bonds. The molecule has 3 rings (SSSR count). The Morgan fingerprint density at radius 1 is 1.43 bits per heavy atom. The van der Waals surface area contributed by atoms with Crippen molar-refractivity contribution in [1.82, 2.24) is 19.7 Å². The maximum atomic E-state index is 4.62. The molecule has 2 aromatic heterocycles. The van der Waals surface area contributed by atoms with Crippen LogP contribution >= 0.6 is 11.3 Å². The van der Waals surface area contributed by atoms with Crippen molar-refractivity contribution >= 4 is 26.8 Å². The number of aryl methyl sites for hydroxylation is 2. The van der Waals surface area contributed by atoms with E-state index >= 15 is 0 Å². The predicted octanol–water partition coefficient (Wildman–Crippen LogP) is 2.87. The van der Waals surface area contributed by atoms with Crippen LogP contribution in [0, 0.1) is 12.8 Å². The smallest absolute Gasteiger partial charge is 0.185 e. The van der Waals surface area contributed by atoms with Gasteiger partial charge in [0.1, 0.15) is 0 Å². The van der Waals surface area contributed by atoms with E-state index < -0.39 is 0 Å². The van der Waals surface area contributed by atoms with Crippen LogP contribution in [-0.4, -0.2) is 45.8 Å². The third kappa shape index (κ3) is 3.37. The van der Waals surface area contributed by atoms with Gasteiger partial charge in [-0.05, 0) is 45.2 Å². The van der Waals surface area contributed by atoms with E-state index in [0.29, 0.717) is 0 Å². The van der Waals surface area contributed by atoms with Gasteiger partial charge in [-0.3, -0.25) is 0 Å². The molecule has 3 heterocycles. The summed E-state index contributed by atoms with van der Waals surface area (Å²) in [4.78, 5) is 7.22. The third-order valence-corrected chi connectivity index (χ3v) is 5.32. The molecule has 0 aliphatic carbocycles. The molecule has 21 heavy (non-hydrogen) atoms. The standard InChI is InChI=1S/C15H25N5S/c1-11-6-4-8-20(10-11)9-5-7-16-15-17-14-13(21-15)12(2)18-19(14)3/h11H,4-10H2,1-3H3,(H,16,17)/t11-/m1/s1. The zero-order chi connectivity index (χ0) is 14.8. The summed E-state index contributed by atoms with van der Waals surface area (Å²) < 4.78 is 3.06. The molecule has 6 heteroatoms. The van der Waals surface area contributed by atoms with Gasteiger partial charge in [0, 0.05) is 20.1 Å². The van der Waals surface area contributed by atoms with E-state index in [2.05, 4.69) is 27.2 Å². The molecule has 1 aliphatic rings. The Balaban J connectivity index is 1.47. The molecule has 0 saturated carbocycles. The van der Waals surface area contributed by atoms with Gasteiger partial charge < -0.3 is 10.2 Å². The number of nitrogens with zero attached hydrogens (tertiary/aromatic N) is 4. The van der Waals surface area contributed by atoms with Gasteiger partial charge in [0.25, 0.3) is 0 Å². The fraction of sp³-hybridized carbons (Fsp3) is 0.733. The van der Waals surface area contributed by atoms with Gasteiger partial charge in [0.05, 0.1) is 10.4 Å². The van der Waals surface area contributed by atoms with E-state index in [0.717, 1.165) is 28.9 Å². The zero-order valence-electron chi connectivity index (χ0n) is 13.2. The quantitative estimate of drug-likeness (QED) is 0.863. The summed E-state index contributed by atoms with van der Waals surface area (Å²) in [5.41, 5.74) is 2.06. The second-order valence-corrected chi connectivity index (χ2v) is 7.21. The van der Waals surface area contributed by atoms with Gasteiger partial charge in [0.15, 0.2) is 10.8 Å². The lowest BCUT2D eigenvalue weighted by Gasteiger charge is -2.30. The number of likely N-dealkylation sites (tertiary alicyclic amines) is 1. The Morgan fingerprint density at radius 2 is 2.29 bits per heavy atom. The molecule has 1 fully saturated rings. The Kier molecular flexibility index (Phi) is 4.45. The van der Waals surface area contributed by atoms with Crippen LogP contribution in [0.5, 0.6) is 0 Å². The number of hydrogen-bond donors (Lipinski definition) is 1. The number of rotatable bonds is 5. The maximum absolute atomic E-state index is 4.62. The number of hydrogen-bond acceptors (Lipinski definition) is 5. The van der Waals surface area contributed by atoms with Crippen LogP contribution in [0.15, 0.2) is 0 Å². The van der Waals surface area contributed by atoms with Crippen molar-refractivity contribution in [1.29, 1.82) is 0 Å². The second-order valence-electron chi connectivity index (χ2n) is 6.21. The van der Waals surface area contributed by atoms with Crippen molar-refractivity contribution in [3.8, 4) is 0 Å². The molecular formula is C15H25N5S. The third-order valence-electron chi connectivity index (χ3n) is 4.21. The van der Waals surface area contributed by atoms with Crippen LogP contribution in [-0.2, 0) is 7.05 Å². The first-order valence-electron chi connectivity index (χ1n) is 7.90. The highest BCUT2D eigenvalue weighted by Crippen LogP contribution is 2.27. The molecule has 1 aliphatic heterocycles. The summed E-state index contributed by atoms with van der Waals surface area (Å²) in [6.45, 7) is 9.14. The van der Waals surface area contributed by atoms with Crippen molar-refractivity contribution < 1.29 is 0 Å². The summed E-state index contributed by atoms with van der Waals surface area (Å²) in [5, 5.41) is 8.87. The molecule has 2 aromatic rings. The molecule has 0 bridgehead atoms. The maximum Gasteiger partial charge on any atom is 0.185 e. The SMILES string of the molecule is Cc1nn(C)c2nc(NCCCN3CCC[C@@H](C)C3)sc12. The van der Waals surface area contributed by atoms with Crippen molar-refractivity contribution in [2.45, 2.75) is 33.1 Å². The monoisotopic (exact) mass is 307 g/mol. The van der Waals surface area contributed by atoms with Gasteiger partial charge in [-0.2, -0.15) is 5.10 Å². The molecule has 0 aromatic carbocycles. The topological polar surface area (TPSA) is 46.0 Å². The Labute approximate surface area is 130 Å². The first-order valence-corrected chi connectivity index (χ1v) is 8.71. The zero-order valence-corrected chi connectivity index (χ0v) is 14.0. The minimum absolute atomic E-state index is 0.867. The van der Waals surface area contributed by atoms with Crippen LogP contribution in [0.2, 0.25) is 0 Å². The summed E-state index contributed by atoms with van der Waals surface area (Å²) >= 11 is 1.71. The first-order chi connectivity index (χ1) is 10.1. The van der Waals surface area contributed by atoms with Gasteiger partial charge in [-0.1, -0.05) is 18.3 Å². The van der Waals surface area contributed by atoms with E-state index in [1.54, 1.807) is 11.3 Å². The van der Waals surface area contributed by atoms with E-state index in [1.165, 1.54) is 43.6 Å². The average Bonchev–Trinajstić information content (AvgIpc) is 2.97. The molecule has 1 N–H and O–H groups in total. The fourth-order valence-electron chi connectivity index (χ4n) is 3.15. The molecular weight excluding hydrogens is 282 g/mol. The number of anilines is 1. The number of thiazole rings is 1. The largest absolute Gasteiger partial charge is 0.361 e. The Hall–Kier alpha value is -1.14. The minimum Gasteiger partial charge on any atom is -0.361 e. The lowest BCUT2D eigenvalue weighted by molar-refractivity contribution is 0.183. The van der Waals surface area contributed by atoms with Gasteiger partial charge in [-0.25, -0.2) is 9.67 Å². The molecule has 1 atom stereocenters. The van der Waals surface area contributed by atoms with Crippen LogP contribution in [0.25, 0.3) is 10.3 Å². The highest BCUT2D eigenvalue weighted by atomic mass is 32.1. The lowest BCUT2D eigenvalue weighted by atomic mass is 10.0. The van der Waals surface area contributed by atoms with Crippen LogP contribution in [0.4, 0.5) is 5.13 Å². The number of fused-ring (bicyclic) bond motifs is 1. The molecule has 0 unspecified atom stereocenters. The van der Waals surface area contributed by atoms with Crippen LogP contribution in [0.3, 0.4) is 0 Å². The molecule has 0 radical (unpaired) electrons. The summed E-state index contributed by atoms with van der Waals surface area (Å²) in [6.07, 6.45) is 3.94. The number of nitrogens with one attached hydrogen (secondary N) is 1. The highest BCUT2D eigenvalue weighted by molar-refractivity contribution is 7.22.